The fourth-order valence-corrected chi connectivity index (χ4v) is 3.65. The Labute approximate surface area is 186 Å². The van der Waals surface area contributed by atoms with Crippen LogP contribution in [0, 0.1) is 0 Å². The number of nitrogens with zero attached hydrogens (tertiary/aromatic N) is 7. The van der Waals surface area contributed by atoms with Gasteiger partial charge in [0.15, 0.2) is 5.82 Å². The highest BCUT2D eigenvalue weighted by Gasteiger charge is 2.21. The molecule has 31 heavy (non-hydrogen) atoms. The topological polar surface area (TPSA) is 131 Å². The number of benzene rings is 1. The van der Waals surface area contributed by atoms with Crippen LogP contribution in [0.5, 0.6) is 0 Å². The monoisotopic (exact) mass is 503 g/mol. The summed E-state index contributed by atoms with van der Waals surface area (Å²) in [5.41, 5.74) is 1.86. The smallest absolute Gasteiger partial charge is 0.232 e. The molecule has 0 saturated carbocycles. The van der Waals surface area contributed by atoms with Gasteiger partial charge < -0.3 is 15.2 Å². The van der Waals surface area contributed by atoms with Gasteiger partial charge in [-0.3, -0.25) is 14.3 Å². The predicted molar refractivity (Wildman–Crippen MR) is 122 cm³/mol. The zero-order chi connectivity index (χ0) is 22.2. The Morgan fingerprint density at radius 1 is 1.10 bits per heavy atom. The Hall–Kier alpha value is -3.32. The second kappa shape index (κ2) is 8.07. The number of rotatable bonds is 6. The molecule has 0 amide bonds. The first kappa shape index (κ1) is 20.9. The Morgan fingerprint density at radius 2 is 1.87 bits per heavy atom. The third-order valence-electron chi connectivity index (χ3n) is 4.37. The number of halogens is 1. The fourth-order valence-electron chi connectivity index (χ4n) is 2.84. The summed E-state index contributed by atoms with van der Waals surface area (Å²) in [6.45, 7) is 0. The summed E-state index contributed by atoms with van der Waals surface area (Å²) >= 11 is 3.43. The van der Waals surface area contributed by atoms with Crippen LogP contribution >= 0.6 is 15.9 Å². The average Bonchev–Trinajstić information content (AvgIpc) is 3.13. The van der Waals surface area contributed by atoms with Crippen LogP contribution in [-0.2, 0) is 17.1 Å². The highest BCUT2D eigenvalue weighted by Crippen LogP contribution is 2.36. The molecule has 0 fully saturated rings. The maximum Gasteiger partial charge on any atom is 0.232 e. The number of fused-ring (bicyclic) bond motifs is 1. The number of hydrogen-bond donors (Lipinski definition) is 2. The zero-order valence-electron chi connectivity index (χ0n) is 16.8. The molecular weight excluding hydrogens is 486 g/mol. The molecule has 11 nitrogen and oxygen atoms in total. The van der Waals surface area contributed by atoms with E-state index in [4.69, 9.17) is 0 Å². The van der Waals surface area contributed by atoms with Gasteiger partial charge in [0.05, 0.1) is 28.3 Å². The Bertz CT molecular complexity index is 1370. The molecule has 2 N–H and O–H groups in total. The number of nitrogens with one attached hydrogen (secondary N) is 2. The van der Waals surface area contributed by atoms with Crippen molar-refractivity contribution in [2.24, 2.45) is 7.05 Å². The van der Waals surface area contributed by atoms with Crippen LogP contribution in [0.2, 0.25) is 0 Å². The first-order chi connectivity index (χ1) is 14.7. The molecule has 3 aromatic heterocycles. The van der Waals surface area contributed by atoms with Crippen molar-refractivity contribution in [3.8, 4) is 0 Å². The van der Waals surface area contributed by atoms with E-state index in [1.165, 1.54) is 13.2 Å². The van der Waals surface area contributed by atoms with Gasteiger partial charge in [0.25, 0.3) is 0 Å². The van der Waals surface area contributed by atoms with Crippen molar-refractivity contribution in [2.45, 2.75) is 0 Å². The summed E-state index contributed by atoms with van der Waals surface area (Å²) in [5, 5.41) is 6.21. The SMILES string of the molecule is CN(c1c(Nc2nc(Nc3cn(C)cn3)ncc2Br)ccc2nccnc12)S(C)(=O)=O. The van der Waals surface area contributed by atoms with Gasteiger partial charge in [0, 0.05) is 38.9 Å². The lowest BCUT2D eigenvalue weighted by atomic mass is 10.2. The summed E-state index contributed by atoms with van der Waals surface area (Å²) in [6.07, 6.45) is 9.23. The number of imidazole rings is 1. The van der Waals surface area contributed by atoms with Gasteiger partial charge in [-0.25, -0.2) is 18.4 Å². The Kier molecular flexibility index (Phi) is 5.45. The van der Waals surface area contributed by atoms with Gasteiger partial charge in [-0.15, -0.1) is 0 Å². The van der Waals surface area contributed by atoms with Crippen molar-refractivity contribution < 1.29 is 8.42 Å². The summed E-state index contributed by atoms with van der Waals surface area (Å²) in [7, 11) is -0.238. The normalized spacial score (nSPS) is 11.5. The van der Waals surface area contributed by atoms with Gasteiger partial charge in [-0.2, -0.15) is 4.98 Å². The van der Waals surface area contributed by atoms with E-state index in [0.29, 0.717) is 44.5 Å². The molecule has 0 aliphatic carbocycles. The first-order valence-electron chi connectivity index (χ1n) is 8.94. The van der Waals surface area contributed by atoms with Crippen LogP contribution in [0.15, 0.2) is 47.7 Å². The van der Waals surface area contributed by atoms with Crippen LogP contribution in [0.3, 0.4) is 0 Å². The van der Waals surface area contributed by atoms with E-state index < -0.39 is 10.0 Å². The second-order valence-electron chi connectivity index (χ2n) is 6.68. The molecule has 0 radical (unpaired) electrons. The van der Waals surface area contributed by atoms with Crippen molar-refractivity contribution in [1.82, 2.24) is 29.5 Å². The molecule has 1 aromatic carbocycles. The third-order valence-corrected chi connectivity index (χ3v) is 6.13. The molecule has 4 rings (SSSR count). The summed E-state index contributed by atoms with van der Waals surface area (Å²) in [4.78, 5) is 21.5. The van der Waals surface area contributed by atoms with E-state index >= 15 is 0 Å². The van der Waals surface area contributed by atoms with E-state index in [-0.39, 0.29) is 0 Å². The van der Waals surface area contributed by atoms with Gasteiger partial charge in [-0.1, -0.05) is 0 Å². The van der Waals surface area contributed by atoms with E-state index in [1.54, 1.807) is 41.6 Å². The number of aromatic nitrogens is 6. The molecule has 0 spiro atoms. The van der Waals surface area contributed by atoms with E-state index in [2.05, 4.69) is 51.5 Å². The summed E-state index contributed by atoms with van der Waals surface area (Å²) < 4.78 is 28.2. The van der Waals surface area contributed by atoms with Crippen LogP contribution in [-0.4, -0.2) is 51.2 Å². The zero-order valence-corrected chi connectivity index (χ0v) is 19.2. The third kappa shape index (κ3) is 4.41. The Balaban J connectivity index is 1.77. The quantitative estimate of drug-likeness (QED) is 0.407. The maximum absolute atomic E-state index is 12.3. The van der Waals surface area contributed by atoms with Crippen molar-refractivity contribution >= 4 is 65.9 Å². The maximum atomic E-state index is 12.3. The largest absolute Gasteiger partial charge is 0.338 e. The minimum absolute atomic E-state index is 0.322. The lowest BCUT2D eigenvalue weighted by Gasteiger charge is -2.22. The van der Waals surface area contributed by atoms with Crippen molar-refractivity contribution in [3.63, 3.8) is 0 Å². The first-order valence-corrected chi connectivity index (χ1v) is 11.6. The molecule has 160 valence electrons. The standard InChI is InChI=1S/C18H18BrN9O2S/c1-27-9-14(23-10-27)25-18-22-8-11(19)17(26-18)24-13-5-4-12-15(21-7-6-20-12)16(13)28(2)31(3,29)30/h4-10H,1-3H3,(H2,22,24,25,26). The van der Waals surface area contributed by atoms with Crippen molar-refractivity contribution in [2.75, 3.05) is 28.2 Å². The minimum atomic E-state index is -3.56. The minimum Gasteiger partial charge on any atom is -0.338 e. The van der Waals surface area contributed by atoms with Gasteiger partial charge in [0.1, 0.15) is 17.0 Å². The van der Waals surface area contributed by atoms with E-state index in [0.717, 1.165) is 10.6 Å². The summed E-state index contributed by atoms with van der Waals surface area (Å²) in [5.74, 6) is 1.34. The number of aryl methyl sites for hydroxylation is 1. The molecule has 0 aliphatic rings. The lowest BCUT2D eigenvalue weighted by Crippen LogP contribution is -2.26. The van der Waals surface area contributed by atoms with Crippen LogP contribution in [0.4, 0.5) is 29.0 Å². The number of hydrogen-bond acceptors (Lipinski definition) is 9. The number of sulfonamides is 1. The highest BCUT2D eigenvalue weighted by molar-refractivity contribution is 9.10. The molecule has 13 heteroatoms. The molecule has 0 saturated heterocycles. The van der Waals surface area contributed by atoms with Crippen molar-refractivity contribution in [3.05, 3.63) is 47.7 Å². The molecule has 0 aliphatic heterocycles. The summed E-state index contributed by atoms with van der Waals surface area (Å²) in [6, 6.07) is 3.49. The fraction of sp³-hybridized carbons (Fsp3) is 0.167. The molecule has 3 heterocycles. The van der Waals surface area contributed by atoms with Gasteiger partial charge >= 0.3 is 0 Å². The molecule has 0 atom stereocenters. The van der Waals surface area contributed by atoms with E-state index in [1.807, 2.05) is 7.05 Å². The Morgan fingerprint density at radius 3 is 2.58 bits per heavy atom. The second-order valence-corrected chi connectivity index (χ2v) is 9.55. The highest BCUT2D eigenvalue weighted by atomic mass is 79.9. The molecule has 0 unspecified atom stereocenters. The van der Waals surface area contributed by atoms with Gasteiger partial charge in [0.2, 0.25) is 16.0 Å². The predicted octanol–water partition coefficient (Wildman–Crippen LogP) is 2.80. The van der Waals surface area contributed by atoms with Crippen molar-refractivity contribution in [1.29, 1.82) is 0 Å². The van der Waals surface area contributed by atoms with Gasteiger partial charge in [-0.05, 0) is 28.1 Å². The molecule has 0 bridgehead atoms. The van der Waals surface area contributed by atoms with E-state index in [9.17, 15) is 8.42 Å². The average molecular weight is 504 g/mol. The van der Waals surface area contributed by atoms with Crippen LogP contribution in [0.1, 0.15) is 0 Å². The number of anilines is 5. The molecular formula is C18H18BrN9O2S. The lowest BCUT2D eigenvalue weighted by molar-refractivity contribution is 0.600. The molecule has 4 aromatic rings. The van der Waals surface area contributed by atoms with Crippen LogP contribution < -0.4 is 14.9 Å². The van der Waals surface area contributed by atoms with Crippen LogP contribution in [0.25, 0.3) is 11.0 Å².